The molecule has 4 atom stereocenters. The van der Waals surface area contributed by atoms with Crippen molar-refractivity contribution < 1.29 is 0 Å². The lowest BCUT2D eigenvalue weighted by molar-refractivity contribution is 0.294. The van der Waals surface area contributed by atoms with E-state index in [1.165, 1.54) is 43.4 Å². The second-order valence-electron chi connectivity index (χ2n) is 6.91. The average Bonchev–Trinajstić information content (AvgIpc) is 3.01. The molecule has 4 unspecified atom stereocenters. The van der Waals surface area contributed by atoms with Crippen LogP contribution in [-0.2, 0) is 13.5 Å². The first-order chi connectivity index (χ1) is 9.04. The molecule has 106 valence electrons. The summed E-state index contributed by atoms with van der Waals surface area (Å²) < 4.78 is 1.98. The molecule has 2 saturated carbocycles. The fraction of sp³-hybridized carbons (Fsp3) is 0.812. The summed E-state index contributed by atoms with van der Waals surface area (Å²) in [6, 6.07) is 0.311. The molecule has 3 rings (SSSR count). The number of fused-ring (bicyclic) bond motifs is 2. The number of nitrogens with two attached hydrogens (primary N) is 1. The van der Waals surface area contributed by atoms with E-state index in [1.54, 1.807) is 0 Å². The fourth-order valence-corrected chi connectivity index (χ4v) is 4.51. The maximum Gasteiger partial charge on any atom is 0.0628 e. The predicted molar refractivity (Wildman–Crippen MR) is 77.9 cm³/mol. The second-order valence-corrected chi connectivity index (χ2v) is 6.91. The highest BCUT2D eigenvalue weighted by molar-refractivity contribution is 5.25. The van der Waals surface area contributed by atoms with Crippen LogP contribution < -0.4 is 5.73 Å². The van der Waals surface area contributed by atoms with Gasteiger partial charge >= 0.3 is 0 Å². The summed E-state index contributed by atoms with van der Waals surface area (Å²) in [7, 11) is 2.02. The van der Waals surface area contributed by atoms with Gasteiger partial charge in [0.05, 0.1) is 5.69 Å². The molecular formula is C16H27N3. The minimum absolute atomic E-state index is 0.311. The number of aryl methyl sites for hydroxylation is 2. The van der Waals surface area contributed by atoms with Gasteiger partial charge in [-0.25, -0.2) is 0 Å². The molecule has 0 spiro atoms. The van der Waals surface area contributed by atoms with Gasteiger partial charge in [0.2, 0.25) is 0 Å². The van der Waals surface area contributed by atoms with Crippen LogP contribution in [0.4, 0.5) is 0 Å². The van der Waals surface area contributed by atoms with Gasteiger partial charge in [-0.2, -0.15) is 5.10 Å². The van der Waals surface area contributed by atoms with Crippen molar-refractivity contribution in [3.63, 3.8) is 0 Å². The molecule has 2 aliphatic carbocycles. The van der Waals surface area contributed by atoms with Crippen molar-refractivity contribution in [2.75, 3.05) is 0 Å². The van der Waals surface area contributed by atoms with Crippen molar-refractivity contribution in [3.8, 4) is 0 Å². The Morgan fingerprint density at radius 2 is 2.11 bits per heavy atom. The van der Waals surface area contributed by atoms with E-state index < -0.39 is 0 Å². The standard InChI is InChI=1S/C16H27N3/c1-10-16(11(2)19(3)18-10)9-15(17)8-14-7-12-4-5-13(14)6-12/h12-15H,4-9,17H2,1-3H3. The zero-order valence-electron chi connectivity index (χ0n) is 12.5. The van der Waals surface area contributed by atoms with Crippen LogP contribution >= 0.6 is 0 Å². The predicted octanol–water partition coefficient (Wildman–Crippen LogP) is 2.73. The molecule has 0 radical (unpaired) electrons. The van der Waals surface area contributed by atoms with Crippen molar-refractivity contribution in [1.29, 1.82) is 0 Å². The maximum absolute atomic E-state index is 6.43. The summed E-state index contributed by atoms with van der Waals surface area (Å²) >= 11 is 0. The Labute approximate surface area is 116 Å². The molecule has 0 saturated heterocycles. The zero-order valence-corrected chi connectivity index (χ0v) is 12.5. The SMILES string of the molecule is Cc1nn(C)c(C)c1CC(N)CC1CC2CCC1C2. The van der Waals surface area contributed by atoms with Crippen molar-refractivity contribution in [2.45, 2.75) is 58.4 Å². The average molecular weight is 261 g/mol. The van der Waals surface area contributed by atoms with Gasteiger partial charge in [0.15, 0.2) is 0 Å². The molecule has 3 heteroatoms. The van der Waals surface area contributed by atoms with E-state index in [9.17, 15) is 0 Å². The van der Waals surface area contributed by atoms with Crippen LogP contribution in [0.1, 0.15) is 49.1 Å². The first kappa shape index (κ1) is 13.2. The number of nitrogens with zero attached hydrogens (tertiary/aromatic N) is 2. The molecule has 3 nitrogen and oxygen atoms in total. The van der Waals surface area contributed by atoms with E-state index in [-0.39, 0.29) is 0 Å². The van der Waals surface area contributed by atoms with Crippen LogP contribution in [0.3, 0.4) is 0 Å². The topological polar surface area (TPSA) is 43.8 Å². The van der Waals surface area contributed by atoms with Crippen molar-refractivity contribution in [3.05, 3.63) is 17.0 Å². The summed E-state index contributed by atoms with van der Waals surface area (Å²) in [6.45, 7) is 4.26. The van der Waals surface area contributed by atoms with Crippen LogP contribution in [0.25, 0.3) is 0 Å². The van der Waals surface area contributed by atoms with Gasteiger partial charge in [0.1, 0.15) is 0 Å². The third-order valence-electron chi connectivity index (χ3n) is 5.62. The first-order valence-electron chi connectivity index (χ1n) is 7.79. The van der Waals surface area contributed by atoms with Gasteiger partial charge in [-0.3, -0.25) is 4.68 Å². The van der Waals surface area contributed by atoms with Gasteiger partial charge < -0.3 is 5.73 Å². The van der Waals surface area contributed by atoms with Crippen molar-refractivity contribution in [1.82, 2.24) is 9.78 Å². The molecule has 1 aromatic heterocycles. The Kier molecular flexibility index (Phi) is 3.42. The zero-order chi connectivity index (χ0) is 13.6. The molecule has 0 amide bonds. The van der Waals surface area contributed by atoms with Crippen molar-refractivity contribution >= 4 is 0 Å². The Hall–Kier alpha value is -0.830. The van der Waals surface area contributed by atoms with Crippen LogP contribution in [0, 0.1) is 31.6 Å². The van der Waals surface area contributed by atoms with E-state index in [0.29, 0.717) is 6.04 Å². The van der Waals surface area contributed by atoms with Gasteiger partial charge in [0, 0.05) is 18.8 Å². The fourth-order valence-electron chi connectivity index (χ4n) is 4.51. The molecule has 0 aromatic carbocycles. The van der Waals surface area contributed by atoms with E-state index >= 15 is 0 Å². The third kappa shape index (κ3) is 2.45. The van der Waals surface area contributed by atoms with Crippen LogP contribution in [0.15, 0.2) is 0 Å². The van der Waals surface area contributed by atoms with E-state index in [2.05, 4.69) is 18.9 Å². The minimum Gasteiger partial charge on any atom is -0.327 e. The van der Waals surface area contributed by atoms with E-state index in [1.807, 2.05) is 11.7 Å². The summed E-state index contributed by atoms with van der Waals surface area (Å²) in [5.74, 6) is 2.93. The highest BCUT2D eigenvalue weighted by Crippen LogP contribution is 2.49. The number of hydrogen-bond donors (Lipinski definition) is 1. The maximum atomic E-state index is 6.43. The van der Waals surface area contributed by atoms with Crippen LogP contribution in [0.5, 0.6) is 0 Å². The molecule has 2 N–H and O–H groups in total. The van der Waals surface area contributed by atoms with Gasteiger partial charge in [0.25, 0.3) is 0 Å². The summed E-state index contributed by atoms with van der Waals surface area (Å²) in [5.41, 5.74) is 10.2. The van der Waals surface area contributed by atoms with Crippen LogP contribution in [-0.4, -0.2) is 15.8 Å². The lowest BCUT2D eigenvalue weighted by Crippen LogP contribution is -2.28. The molecule has 1 heterocycles. The largest absolute Gasteiger partial charge is 0.327 e. The smallest absolute Gasteiger partial charge is 0.0628 e. The first-order valence-corrected chi connectivity index (χ1v) is 7.79. The molecule has 2 bridgehead atoms. The Morgan fingerprint density at radius 3 is 2.63 bits per heavy atom. The van der Waals surface area contributed by atoms with Crippen molar-refractivity contribution in [2.24, 2.45) is 30.5 Å². The number of hydrogen-bond acceptors (Lipinski definition) is 2. The Balaban J connectivity index is 1.60. The molecule has 19 heavy (non-hydrogen) atoms. The summed E-state index contributed by atoms with van der Waals surface area (Å²) in [4.78, 5) is 0. The van der Waals surface area contributed by atoms with E-state index in [0.717, 1.165) is 29.9 Å². The second kappa shape index (κ2) is 4.93. The Bertz CT molecular complexity index is 463. The Morgan fingerprint density at radius 1 is 1.32 bits per heavy atom. The van der Waals surface area contributed by atoms with E-state index in [4.69, 9.17) is 5.73 Å². The number of rotatable bonds is 4. The normalized spacial score (nSPS) is 31.1. The summed E-state index contributed by atoms with van der Waals surface area (Å²) in [5, 5.41) is 4.49. The summed E-state index contributed by atoms with van der Waals surface area (Å²) in [6.07, 6.45) is 8.10. The molecule has 2 aliphatic rings. The lowest BCUT2D eigenvalue weighted by atomic mass is 9.83. The van der Waals surface area contributed by atoms with Crippen LogP contribution in [0.2, 0.25) is 0 Å². The number of aromatic nitrogens is 2. The third-order valence-corrected chi connectivity index (χ3v) is 5.62. The monoisotopic (exact) mass is 261 g/mol. The molecule has 1 aromatic rings. The van der Waals surface area contributed by atoms with Gasteiger partial charge in [-0.1, -0.05) is 6.42 Å². The highest BCUT2D eigenvalue weighted by atomic mass is 15.3. The lowest BCUT2D eigenvalue weighted by Gasteiger charge is -2.24. The molecular weight excluding hydrogens is 234 g/mol. The van der Waals surface area contributed by atoms with Gasteiger partial charge in [-0.05, 0) is 69.3 Å². The quantitative estimate of drug-likeness (QED) is 0.905. The molecule has 2 fully saturated rings. The highest BCUT2D eigenvalue weighted by Gasteiger charge is 2.39. The molecule has 0 aliphatic heterocycles. The minimum atomic E-state index is 0.311. The van der Waals surface area contributed by atoms with Gasteiger partial charge in [-0.15, -0.1) is 0 Å².